The van der Waals surface area contributed by atoms with Crippen LogP contribution in [0.15, 0.2) is 12.8 Å². The summed E-state index contributed by atoms with van der Waals surface area (Å²) in [5, 5.41) is 2.74. The smallest absolute Gasteiger partial charge is 0.321 e. The molecule has 0 aromatic rings. The molecular weight excluding hydrogens is 128 g/mol. The van der Waals surface area contributed by atoms with Gasteiger partial charge in [-0.1, -0.05) is 13.5 Å². The van der Waals surface area contributed by atoms with Gasteiger partial charge in [-0.3, -0.25) is 4.90 Å². The van der Waals surface area contributed by atoms with E-state index in [0.717, 1.165) is 13.0 Å². The van der Waals surface area contributed by atoms with Crippen molar-refractivity contribution < 1.29 is 4.79 Å². The van der Waals surface area contributed by atoms with Gasteiger partial charge in [-0.05, 0) is 6.42 Å². The van der Waals surface area contributed by atoms with E-state index in [1.807, 2.05) is 0 Å². The topological polar surface area (TPSA) is 32.3 Å². The van der Waals surface area contributed by atoms with Gasteiger partial charge in [0, 0.05) is 12.7 Å². The Hall–Kier alpha value is -0.990. The molecule has 1 N–H and O–H groups in total. The van der Waals surface area contributed by atoms with Crippen LogP contribution in [0.4, 0.5) is 4.79 Å². The maximum atomic E-state index is 10.9. The molecule has 0 bridgehead atoms. The van der Waals surface area contributed by atoms with Crippen molar-refractivity contribution >= 4 is 6.03 Å². The summed E-state index contributed by atoms with van der Waals surface area (Å²) in [5.41, 5.74) is 0. The maximum absolute atomic E-state index is 10.9. The predicted molar refractivity (Wildman–Crippen MR) is 39.5 cm³/mol. The minimum Gasteiger partial charge on any atom is -0.336 e. The van der Waals surface area contributed by atoms with Crippen molar-refractivity contribution in [2.24, 2.45) is 0 Å². The van der Waals surface area contributed by atoms with Gasteiger partial charge in [0.2, 0.25) is 0 Å². The SMILES string of the molecule is C=CN1C(=O)NCC1CC. The fourth-order valence-electron chi connectivity index (χ4n) is 1.13. The largest absolute Gasteiger partial charge is 0.336 e. The van der Waals surface area contributed by atoms with Crippen LogP contribution in [-0.2, 0) is 0 Å². The molecule has 0 radical (unpaired) electrons. The van der Waals surface area contributed by atoms with E-state index in [-0.39, 0.29) is 6.03 Å². The predicted octanol–water partition coefficient (Wildman–Crippen LogP) is 0.934. The normalized spacial score (nSPS) is 24.7. The minimum absolute atomic E-state index is 0.0261. The summed E-state index contributed by atoms with van der Waals surface area (Å²) in [7, 11) is 0. The molecule has 10 heavy (non-hydrogen) atoms. The molecule has 1 unspecified atom stereocenters. The average Bonchev–Trinajstić information content (AvgIpc) is 2.30. The van der Waals surface area contributed by atoms with E-state index in [9.17, 15) is 4.79 Å². The lowest BCUT2D eigenvalue weighted by atomic mass is 10.2. The summed E-state index contributed by atoms with van der Waals surface area (Å²) in [6.07, 6.45) is 2.56. The molecule has 0 aromatic heterocycles. The summed E-state index contributed by atoms with van der Waals surface area (Å²) in [4.78, 5) is 12.6. The van der Waals surface area contributed by atoms with Crippen LogP contribution in [0.5, 0.6) is 0 Å². The molecule has 0 spiro atoms. The highest BCUT2D eigenvalue weighted by Gasteiger charge is 2.26. The molecule has 0 aromatic carbocycles. The van der Waals surface area contributed by atoms with Crippen molar-refractivity contribution in [1.29, 1.82) is 0 Å². The van der Waals surface area contributed by atoms with Crippen molar-refractivity contribution in [3.63, 3.8) is 0 Å². The molecule has 1 fully saturated rings. The van der Waals surface area contributed by atoms with Gasteiger partial charge >= 0.3 is 6.03 Å². The molecule has 1 atom stereocenters. The number of hydrogen-bond donors (Lipinski definition) is 1. The number of nitrogens with one attached hydrogen (secondary N) is 1. The van der Waals surface area contributed by atoms with Gasteiger partial charge in [-0.2, -0.15) is 0 Å². The number of hydrogen-bond acceptors (Lipinski definition) is 1. The summed E-state index contributed by atoms with van der Waals surface area (Å²) < 4.78 is 0. The summed E-state index contributed by atoms with van der Waals surface area (Å²) in [5.74, 6) is 0. The standard InChI is InChI=1S/C7H12N2O/c1-3-6-5-8-7(10)9(6)4-2/h4,6H,2-3,5H2,1H3,(H,8,10). The first-order valence-electron chi connectivity index (χ1n) is 3.48. The molecular formula is C7H12N2O. The van der Waals surface area contributed by atoms with Crippen molar-refractivity contribution in [2.75, 3.05) is 6.54 Å². The van der Waals surface area contributed by atoms with Crippen molar-refractivity contribution in [3.8, 4) is 0 Å². The van der Waals surface area contributed by atoms with Crippen LogP contribution >= 0.6 is 0 Å². The zero-order valence-corrected chi connectivity index (χ0v) is 6.13. The van der Waals surface area contributed by atoms with Crippen LogP contribution in [0.25, 0.3) is 0 Å². The highest BCUT2D eigenvalue weighted by molar-refractivity contribution is 5.77. The van der Waals surface area contributed by atoms with Crippen LogP contribution in [-0.4, -0.2) is 23.5 Å². The monoisotopic (exact) mass is 140 g/mol. The van der Waals surface area contributed by atoms with E-state index in [4.69, 9.17) is 0 Å². The zero-order valence-electron chi connectivity index (χ0n) is 6.13. The van der Waals surface area contributed by atoms with Crippen LogP contribution in [0.2, 0.25) is 0 Å². The Labute approximate surface area is 60.7 Å². The number of carbonyl (C=O) groups is 1. The van der Waals surface area contributed by atoms with Gasteiger partial charge in [0.1, 0.15) is 0 Å². The van der Waals surface area contributed by atoms with E-state index < -0.39 is 0 Å². The first-order chi connectivity index (χ1) is 4.79. The van der Waals surface area contributed by atoms with Crippen molar-refractivity contribution in [2.45, 2.75) is 19.4 Å². The Kier molecular flexibility index (Phi) is 1.94. The van der Waals surface area contributed by atoms with Gasteiger partial charge in [0.05, 0.1) is 6.04 Å². The first-order valence-corrected chi connectivity index (χ1v) is 3.48. The number of rotatable bonds is 2. The van der Waals surface area contributed by atoms with Gasteiger partial charge in [0.15, 0.2) is 0 Å². The number of nitrogens with zero attached hydrogens (tertiary/aromatic N) is 1. The molecule has 0 aliphatic carbocycles. The van der Waals surface area contributed by atoms with Crippen LogP contribution in [0.3, 0.4) is 0 Å². The quantitative estimate of drug-likeness (QED) is 0.608. The number of amides is 2. The third-order valence-corrected chi connectivity index (χ3v) is 1.78. The fourth-order valence-corrected chi connectivity index (χ4v) is 1.13. The van der Waals surface area contributed by atoms with Crippen LogP contribution < -0.4 is 5.32 Å². The Balaban J connectivity index is 2.62. The van der Waals surface area contributed by atoms with Gasteiger partial charge in [-0.25, -0.2) is 4.79 Å². The number of urea groups is 1. The molecule has 1 aliphatic rings. The van der Waals surface area contributed by atoms with E-state index in [1.165, 1.54) is 0 Å². The molecule has 1 aliphatic heterocycles. The Morgan fingerprint density at radius 3 is 3.10 bits per heavy atom. The number of carbonyl (C=O) groups excluding carboxylic acids is 1. The molecule has 56 valence electrons. The molecule has 1 rings (SSSR count). The lowest BCUT2D eigenvalue weighted by Crippen LogP contribution is -2.27. The molecule has 0 saturated carbocycles. The van der Waals surface area contributed by atoms with Crippen molar-refractivity contribution in [1.82, 2.24) is 10.2 Å². The summed E-state index contributed by atoms with van der Waals surface area (Å²) >= 11 is 0. The third kappa shape index (κ3) is 0.988. The second kappa shape index (κ2) is 2.73. The van der Waals surface area contributed by atoms with Crippen LogP contribution in [0.1, 0.15) is 13.3 Å². The molecule has 1 saturated heterocycles. The van der Waals surface area contributed by atoms with Crippen molar-refractivity contribution in [3.05, 3.63) is 12.8 Å². The van der Waals surface area contributed by atoms with Gasteiger partial charge < -0.3 is 5.32 Å². The van der Waals surface area contributed by atoms with E-state index in [0.29, 0.717) is 6.04 Å². The van der Waals surface area contributed by atoms with E-state index in [2.05, 4.69) is 18.8 Å². The average molecular weight is 140 g/mol. The van der Waals surface area contributed by atoms with Gasteiger partial charge in [0.25, 0.3) is 0 Å². The fraction of sp³-hybridized carbons (Fsp3) is 0.571. The molecule has 3 heteroatoms. The lowest BCUT2D eigenvalue weighted by molar-refractivity contribution is 0.222. The van der Waals surface area contributed by atoms with E-state index >= 15 is 0 Å². The molecule has 2 amide bonds. The highest BCUT2D eigenvalue weighted by atomic mass is 16.2. The van der Waals surface area contributed by atoms with Crippen LogP contribution in [0, 0.1) is 0 Å². The Morgan fingerprint density at radius 1 is 2.00 bits per heavy atom. The third-order valence-electron chi connectivity index (χ3n) is 1.78. The maximum Gasteiger partial charge on any atom is 0.321 e. The zero-order chi connectivity index (χ0) is 7.56. The summed E-state index contributed by atoms with van der Waals surface area (Å²) in [6.45, 7) is 6.36. The second-order valence-corrected chi connectivity index (χ2v) is 2.34. The molecule has 3 nitrogen and oxygen atoms in total. The Morgan fingerprint density at radius 2 is 2.70 bits per heavy atom. The second-order valence-electron chi connectivity index (χ2n) is 2.34. The summed E-state index contributed by atoms with van der Waals surface area (Å²) in [6, 6.07) is 0.284. The van der Waals surface area contributed by atoms with E-state index in [1.54, 1.807) is 11.1 Å². The minimum atomic E-state index is -0.0261. The van der Waals surface area contributed by atoms with Gasteiger partial charge in [-0.15, -0.1) is 0 Å². The highest BCUT2D eigenvalue weighted by Crippen LogP contribution is 2.09. The first kappa shape index (κ1) is 7.12. The Bertz CT molecular complexity index is 156. The lowest BCUT2D eigenvalue weighted by Gasteiger charge is -2.15. The molecule has 1 heterocycles.